The SMILES string of the molecule is O=C(O[C@H](C(=O)Nc1ccc(Cl)cc1C(F)(F)F)c1ccccc1)c1c(Cl)cccc1Cl. The van der Waals surface area contributed by atoms with Gasteiger partial charge in [-0.2, -0.15) is 13.2 Å². The first-order chi connectivity index (χ1) is 15.1. The third-order valence-corrected chi connectivity index (χ3v) is 5.14. The number of carbonyl (C=O) groups excluding carboxylic acids is 2. The Labute approximate surface area is 195 Å². The molecular formula is C22H13Cl3F3NO3. The number of hydrogen-bond donors (Lipinski definition) is 1. The molecule has 166 valence electrons. The second kappa shape index (κ2) is 9.81. The number of halogens is 6. The van der Waals surface area contributed by atoms with E-state index in [9.17, 15) is 22.8 Å². The minimum absolute atomic E-state index is 0.00761. The topological polar surface area (TPSA) is 55.4 Å². The Balaban J connectivity index is 1.96. The summed E-state index contributed by atoms with van der Waals surface area (Å²) >= 11 is 17.7. The number of anilines is 1. The van der Waals surface area contributed by atoms with E-state index in [4.69, 9.17) is 39.5 Å². The number of carbonyl (C=O) groups is 2. The van der Waals surface area contributed by atoms with Crippen LogP contribution < -0.4 is 5.32 Å². The van der Waals surface area contributed by atoms with Gasteiger partial charge in [-0.1, -0.05) is 71.2 Å². The van der Waals surface area contributed by atoms with Gasteiger partial charge >= 0.3 is 12.1 Å². The van der Waals surface area contributed by atoms with Crippen LogP contribution in [0.4, 0.5) is 18.9 Å². The minimum Gasteiger partial charge on any atom is -0.444 e. The van der Waals surface area contributed by atoms with Gasteiger partial charge in [0.15, 0.2) is 0 Å². The molecule has 0 aromatic heterocycles. The van der Waals surface area contributed by atoms with E-state index in [-0.39, 0.29) is 26.2 Å². The highest BCUT2D eigenvalue weighted by Gasteiger charge is 2.35. The van der Waals surface area contributed by atoms with Crippen molar-refractivity contribution in [3.8, 4) is 0 Å². The van der Waals surface area contributed by atoms with E-state index in [1.165, 1.54) is 36.4 Å². The average Bonchev–Trinajstić information content (AvgIpc) is 2.73. The summed E-state index contributed by atoms with van der Waals surface area (Å²) in [6.45, 7) is 0. The van der Waals surface area contributed by atoms with Crippen molar-refractivity contribution in [2.24, 2.45) is 0 Å². The lowest BCUT2D eigenvalue weighted by Crippen LogP contribution is -2.27. The predicted molar refractivity (Wildman–Crippen MR) is 116 cm³/mol. The van der Waals surface area contributed by atoms with Gasteiger partial charge in [0.2, 0.25) is 6.10 Å². The van der Waals surface area contributed by atoms with Crippen molar-refractivity contribution in [1.82, 2.24) is 0 Å². The molecule has 1 amide bonds. The maximum atomic E-state index is 13.4. The average molecular weight is 503 g/mol. The zero-order valence-corrected chi connectivity index (χ0v) is 18.2. The van der Waals surface area contributed by atoms with Crippen LogP contribution in [0.3, 0.4) is 0 Å². The molecule has 1 atom stereocenters. The third kappa shape index (κ3) is 5.54. The number of amides is 1. The van der Waals surface area contributed by atoms with E-state index >= 15 is 0 Å². The first-order valence-corrected chi connectivity index (χ1v) is 10.1. The molecule has 32 heavy (non-hydrogen) atoms. The fourth-order valence-corrected chi connectivity index (χ4v) is 3.54. The highest BCUT2D eigenvalue weighted by Crippen LogP contribution is 2.37. The van der Waals surface area contributed by atoms with E-state index in [2.05, 4.69) is 5.32 Å². The number of hydrogen-bond acceptors (Lipinski definition) is 3. The zero-order valence-electron chi connectivity index (χ0n) is 15.9. The van der Waals surface area contributed by atoms with Crippen molar-refractivity contribution < 1.29 is 27.5 Å². The lowest BCUT2D eigenvalue weighted by atomic mass is 10.1. The molecule has 0 fully saturated rings. The molecule has 0 unspecified atom stereocenters. The lowest BCUT2D eigenvalue weighted by Gasteiger charge is -2.20. The first-order valence-electron chi connectivity index (χ1n) is 8.95. The summed E-state index contributed by atoms with van der Waals surface area (Å²) in [6, 6.07) is 15.0. The van der Waals surface area contributed by atoms with E-state index in [0.717, 1.165) is 6.07 Å². The van der Waals surface area contributed by atoms with Crippen molar-refractivity contribution in [2.45, 2.75) is 12.3 Å². The van der Waals surface area contributed by atoms with E-state index in [1.807, 2.05) is 0 Å². The van der Waals surface area contributed by atoms with E-state index in [1.54, 1.807) is 18.2 Å². The Morgan fingerprint density at radius 1 is 0.875 bits per heavy atom. The van der Waals surface area contributed by atoms with Crippen molar-refractivity contribution >= 4 is 52.4 Å². The standard InChI is InChI=1S/C22H13Cl3F3NO3/c23-13-9-10-17(14(11-13)22(26,27)28)29-20(30)19(12-5-2-1-3-6-12)32-21(31)18-15(24)7-4-8-16(18)25/h1-11,19H,(H,29,30)/t19-/m0/s1. The molecule has 1 N–H and O–H groups in total. The quantitative estimate of drug-likeness (QED) is 0.375. The van der Waals surface area contributed by atoms with Crippen LogP contribution in [-0.2, 0) is 15.7 Å². The molecule has 0 radical (unpaired) electrons. The molecule has 4 nitrogen and oxygen atoms in total. The second-order valence-corrected chi connectivity index (χ2v) is 7.72. The number of ether oxygens (including phenoxy) is 1. The summed E-state index contributed by atoms with van der Waals surface area (Å²) in [6.07, 6.45) is -6.37. The molecule has 0 heterocycles. The van der Waals surface area contributed by atoms with Crippen LogP contribution >= 0.6 is 34.8 Å². The number of esters is 1. The third-order valence-electron chi connectivity index (χ3n) is 4.28. The van der Waals surface area contributed by atoms with Crippen LogP contribution in [0.15, 0.2) is 66.7 Å². The molecule has 3 rings (SSSR count). The molecule has 0 bridgehead atoms. The lowest BCUT2D eigenvalue weighted by molar-refractivity contribution is -0.137. The Hall–Kier alpha value is -2.74. The molecule has 10 heteroatoms. The molecule has 0 saturated heterocycles. The number of benzene rings is 3. The van der Waals surface area contributed by atoms with Gasteiger partial charge in [-0.3, -0.25) is 4.79 Å². The number of alkyl halides is 3. The van der Waals surface area contributed by atoms with Crippen molar-refractivity contribution in [3.05, 3.63) is 98.5 Å². The summed E-state index contributed by atoms with van der Waals surface area (Å²) in [7, 11) is 0. The van der Waals surface area contributed by atoms with Crippen molar-refractivity contribution in [3.63, 3.8) is 0 Å². The van der Waals surface area contributed by atoms with Crippen LogP contribution in [0.1, 0.15) is 27.6 Å². The summed E-state index contributed by atoms with van der Waals surface area (Å²) in [5.74, 6) is -2.03. The molecule has 0 saturated carbocycles. The van der Waals surface area contributed by atoms with Gasteiger partial charge in [0.1, 0.15) is 0 Å². The second-order valence-electron chi connectivity index (χ2n) is 6.47. The Morgan fingerprint density at radius 2 is 1.50 bits per heavy atom. The van der Waals surface area contributed by atoms with Gasteiger partial charge in [0.25, 0.3) is 5.91 Å². The van der Waals surface area contributed by atoms with Crippen molar-refractivity contribution in [1.29, 1.82) is 0 Å². The Kier molecular flexibility index (Phi) is 7.33. The molecule has 0 aliphatic rings. The maximum absolute atomic E-state index is 13.4. The smallest absolute Gasteiger partial charge is 0.418 e. The van der Waals surface area contributed by atoms with Gasteiger partial charge in [0, 0.05) is 10.6 Å². The zero-order chi connectivity index (χ0) is 23.5. The Bertz CT molecular complexity index is 1130. The van der Waals surface area contributed by atoms with Crippen molar-refractivity contribution in [2.75, 3.05) is 5.32 Å². The molecule has 3 aromatic carbocycles. The predicted octanol–water partition coefficient (Wildman–Crippen LogP) is 7.20. The number of rotatable bonds is 5. The Morgan fingerprint density at radius 3 is 2.09 bits per heavy atom. The number of nitrogens with one attached hydrogen (secondary N) is 1. The fraction of sp³-hybridized carbons (Fsp3) is 0.0909. The first kappa shape index (κ1) is 23.9. The summed E-state index contributed by atoms with van der Waals surface area (Å²) in [5, 5.41) is 2.00. The maximum Gasteiger partial charge on any atom is 0.418 e. The summed E-state index contributed by atoms with van der Waals surface area (Å²) in [4.78, 5) is 25.7. The van der Waals surface area contributed by atoms with Gasteiger partial charge in [-0.05, 0) is 30.3 Å². The molecular weight excluding hydrogens is 490 g/mol. The van der Waals surface area contributed by atoms with Gasteiger partial charge in [-0.25, -0.2) is 4.79 Å². The van der Waals surface area contributed by atoms with Gasteiger partial charge in [-0.15, -0.1) is 0 Å². The van der Waals surface area contributed by atoms with Crippen LogP contribution in [0.5, 0.6) is 0 Å². The largest absolute Gasteiger partial charge is 0.444 e. The van der Waals surface area contributed by atoms with Crippen LogP contribution in [0.25, 0.3) is 0 Å². The van der Waals surface area contributed by atoms with Crippen LogP contribution in [-0.4, -0.2) is 11.9 Å². The summed E-state index contributed by atoms with van der Waals surface area (Å²) in [5.41, 5.74) is -1.64. The highest BCUT2D eigenvalue weighted by atomic mass is 35.5. The summed E-state index contributed by atoms with van der Waals surface area (Å²) < 4.78 is 45.5. The van der Waals surface area contributed by atoms with E-state index in [0.29, 0.717) is 6.07 Å². The van der Waals surface area contributed by atoms with Crippen LogP contribution in [0, 0.1) is 0 Å². The van der Waals surface area contributed by atoms with E-state index < -0.39 is 35.4 Å². The molecule has 3 aromatic rings. The normalized spacial score (nSPS) is 12.2. The van der Waals surface area contributed by atoms with Gasteiger partial charge in [0.05, 0.1) is 26.9 Å². The molecule has 0 aliphatic heterocycles. The fourth-order valence-electron chi connectivity index (χ4n) is 2.82. The van der Waals surface area contributed by atoms with Crippen LogP contribution in [0.2, 0.25) is 15.1 Å². The molecule has 0 spiro atoms. The minimum atomic E-state index is -4.78. The monoisotopic (exact) mass is 501 g/mol. The van der Waals surface area contributed by atoms with Gasteiger partial charge < -0.3 is 10.1 Å². The molecule has 0 aliphatic carbocycles. The highest BCUT2D eigenvalue weighted by molar-refractivity contribution is 6.39.